The first-order chi connectivity index (χ1) is 7.20. The van der Waals surface area contributed by atoms with Gasteiger partial charge in [-0.1, -0.05) is 0 Å². The number of nitrogens with one attached hydrogen (secondary N) is 1. The summed E-state index contributed by atoms with van der Waals surface area (Å²) in [6.45, 7) is 0.635. The Morgan fingerprint density at radius 3 is 3.00 bits per heavy atom. The lowest BCUT2D eigenvalue weighted by atomic mass is 9.96. The maximum Gasteiger partial charge on any atom is 0.304 e. The number of nitriles is 1. The minimum absolute atomic E-state index is 0. The Labute approximate surface area is 99.3 Å². The highest BCUT2D eigenvalue weighted by molar-refractivity contribution is 5.85. The molecule has 0 bridgehead atoms. The zero-order chi connectivity index (χ0) is 10.8. The second kappa shape index (κ2) is 4.86. The summed E-state index contributed by atoms with van der Waals surface area (Å²) < 4.78 is 0. The summed E-state index contributed by atoms with van der Waals surface area (Å²) in [5.41, 5.74) is 2.46. The summed E-state index contributed by atoms with van der Waals surface area (Å²) in [6, 6.07) is 7.38. The molecule has 0 fully saturated rings. The lowest BCUT2D eigenvalue weighted by molar-refractivity contribution is -0.137. The molecule has 2 rings (SSSR count). The number of hydrogen-bond donors (Lipinski definition) is 2. The fourth-order valence-electron chi connectivity index (χ4n) is 1.87. The van der Waals surface area contributed by atoms with Crippen LogP contribution in [0.2, 0.25) is 0 Å². The Kier molecular flexibility index (Phi) is 3.75. The molecule has 1 aliphatic heterocycles. The van der Waals surface area contributed by atoms with Crippen molar-refractivity contribution >= 4 is 24.1 Å². The van der Waals surface area contributed by atoms with E-state index in [0.29, 0.717) is 12.1 Å². The summed E-state index contributed by atoms with van der Waals surface area (Å²) >= 11 is 0. The molecule has 1 heterocycles. The van der Waals surface area contributed by atoms with Crippen LogP contribution in [0, 0.1) is 11.3 Å². The maximum absolute atomic E-state index is 10.6. The summed E-state index contributed by atoms with van der Waals surface area (Å²) in [7, 11) is 0. The molecule has 4 nitrogen and oxygen atoms in total. The number of fused-ring (bicyclic) bond motifs is 1. The van der Waals surface area contributed by atoms with Gasteiger partial charge in [-0.3, -0.25) is 4.79 Å². The molecule has 16 heavy (non-hydrogen) atoms. The van der Waals surface area contributed by atoms with E-state index in [1.807, 2.05) is 6.07 Å². The minimum Gasteiger partial charge on any atom is -0.481 e. The van der Waals surface area contributed by atoms with Crippen LogP contribution >= 0.6 is 12.4 Å². The number of carbonyl (C=O) groups is 1. The van der Waals surface area contributed by atoms with E-state index in [2.05, 4.69) is 11.4 Å². The third kappa shape index (κ3) is 2.26. The molecule has 0 amide bonds. The monoisotopic (exact) mass is 238 g/mol. The Hall–Kier alpha value is -1.73. The van der Waals surface area contributed by atoms with Crippen molar-refractivity contribution in [3.8, 4) is 6.07 Å². The molecule has 1 aromatic carbocycles. The van der Waals surface area contributed by atoms with Crippen LogP contribution in [0.25, 0.3) is 0 Å². The molecular formula is C11H11ClN2O2. The fraction of sp³-hybridized carbons (Fsp3) is 0.273. The van der Waals surface area contributed by atoms with Gasteiger partial charge in [-0.25, -0.2) is 0 Å². The molecule has 0 radical (unpaired) electrons. The lowest BCUT2D eigenvalue weighted by Gasteiger charge is -2.06. The Morgan fingerprint density at radius 2 is 2.38 bits per heavy atom. The highest BCUT2D eigenvalue weighted by Crippen LogP contribution is 2.34. The summed E-state index contributed by atoms with van der Waals surface area (Å²) in [5.74, 6) is -0.831. The van der Waals surface area contributed by atoms with E-state index in [0.717, 1.165) is 11.3 Å². The molecule has 0 aromatic heterocycles. The highest BCUT2D eigenvalue weighted by atomic mass is 35.5. The van der Waals surface area contributed by atoms with Crippen LogP contribution < -0.4 is 5.32 Å². The van der Waals surface area contributed by atoms with Crippen molar-refractivity contribution in [2.75, 3.05) is 11.9 Å². The highest BCUT2D eigenvalue weighted by Gasteiger charge is 2.24. The van der Waals surface area contributed by atoms with Crippen LogP contribution in [0.5, 0.6) is 0 Å². The van der Waals surface area contributed by atoms with E-state index in [4.69, 9.17) is 10.4 Å². The van der Waals surface area contributed by atoms with Gasteiger partial charge in [-0.05, 0) is 23.8 Å². The van der Waals surface area contributed by atoms with Crippen molar-refractivity contribution in [1.29, 1.82) is 5.26 Å². The number of halogens is 1. The number of rotatable bonds is 2. The quantitative estimate of drug-likeness (QED) is 0.826. The smallest absolute Gasteiger partial charge is 0.304 e. The third-order valence-corrected chi connectivity index (χ3v) is 2.58. The zero-order valence-corrected chi connectivity index (χ0v) is 9.25. The molecule has 0 spiro atoms. The van der Waals surface area contributed by atoms with Crippen molar-refractivity contribution in [3.63, 3.8) is 0 Å². The van der Waals surface area contributed by atoms with Gasteiger partial charge in [0.2, 0.25) is 0 Å². The number of carboxylic acid groups (broad SMARTS) is 1. The van der Waals surface area contributed by atoms with E-state index in [1.54, 1.807) is 12.1 Å². The second-order valence-electron chi connectivity index (χ2n) is 3.59. The van der Waals surface area contributed by atoms with Crippen LogP contribution in [-0.4, -0.2) is 17.6 Å². The van der Waals surface area contributed by atoms with Crippen LogP contribution in [0.4, 0.5) is 5.69 Å². The van der Waals surface area contributed by atoms with Crippen LogP contribution in [0.1, 0.15) is 23.5 Å². The average Bonchev–Trinajstić information content (AvgIpc) is 2.60. The molecule has 0 aliphatic carbocycles. The molecule has 2 N–H and O–H groups in total. The van der Waals surface area contributed by atoms with Crippen LogP contribution in [0.3, 0.4) is 0 Å². The van der Waals surface area contributed by atoms with E-state index < -0.39 is 5.97 Å². The van der Waals surface area contributed by atoms with Gasteiger partial charge in [-0.2, -0.15) is 5.26 Å². The summed E-state index contributed by atoms with van der Waals surface area (Å²) in [5, 5.41) is 20.6. The average molecular weight is 239 g/mol. The molecule has 0 saturated carbocycles. The first-order valence-electron chi connectivity index (χ1n) is 4.70. The minimum atomic E-state index is -0.808. The van der Waals surface area contributed by atoms with Crippen LogP contribution in [-0.2, 0) is 4.79 Å². The number of aliphatic carboxylic acids is 1. The molecule has 1 atom stereocenters. The van der Waals surface area contributed by atoms with E-state index in [-0.39, 0.29) is 24.7 Å². The first-order valence-corrected chi connectivity index (χ1v) is 4.70. The largest absolute Gasteiger partial charge is 0.481 e. The normalized spacial score (nSPS) is 16.6. The van der Waals surface area contributed by atoms with Crippen LogP contribution in [0.15, 0.2) is 18.2 Å². The summed E-state index contributed by atoms with van der Waals surface area (Å²) in [4.78, 5) is 10.6. The van der Waals surface area contributed by atoms with E-state index in [1.165, 1.54) is 0 Å². The van der Waals surface area contributed by atoms with Crippen molar-refractivity contribution < 1.29 is 9.90 Å². The van der Waals surface area contributed by atoms with Gasteiger partial charge in [0.1, 0.15) is 0 Å². The third-order valence-electron chi connectivity index (χ3n) is 2.58. The summed E-state index contributed by atoms with van der Waals surface area (Å²) in [6.07, 6.45) is 0.106. The number of carboxylic acids is 1. The topological polar surface area (TPSA) is 73.1 Å². The Morgan fingerprint density at radius 1 is 1.62 bits per heavy atom. The molecule has 5 heteroatoms. The standard InChI is InChI=1S/C11H10N2O2.ClH/c12-5-7-1-2-10-9(3-7)8(6-13-10)4-11(14)15;/h1-3,8,13H,4,6H2,(H,14,15);1H. The van der Waals surface area contributed by atoms with Crippen molar-refractivity contribution in [3.05, 3.63) is 29.3 Å². The number of nitrogens with zero attached hydrogens (tertiary/aromatic N) is 1. The van der Waals surface area contributed by atoms with Gasteiger partial charge >= 0.3 is 5.97 Å². The number of anilines is 1. The predicted molar refractivity (Wildman–Crippen MR) is 61.9 cm³/mol. The molecule has 1 aromatic rings. The number of benzene rings is 1. The number of hydrogen-bond acceptors (Lipinski definition) is 3. The predicted octanol–water partition coefficient (Wildman–Crippen LogP) is 1.96. The van der Waals surface area contributed by atoms with Gasteiger partial charge in [0.15, 0.2) is 0 Å². The van der Waals surface area contributed by atoms with E-state index >= 15 is 0 Å². The second-order valence-corrected chi connectivity index (χ2v) is 3.59. The zero-order valence-electron chi connectivity index (χ0n) is 8.43. The fourth-order valence-corrected chi connectivity index (χ4v) is 1.87. The van der Waals surface area contributed by atoms with Gasteiger partial charge < -0.3 is 10.4 Å². The first kappa shape index (κ1) is 12.3. The SMILES string of the molecule is Cl.N#Cc1ccc2c(c1)C(CC(=O)O)CN2. The molecule has 1 aliphatic rings. The van der Waals surface area contributed by atoms with Gasteiger partial charge in [-0.15, -0.1) is 12.4 Å². The van der Waals surface area contributed by atoms with Crippen molar-refractivity contribution in [1.82, 2.24) is 0 Å². The van der Waals surface area contributed by atoms with Crippen molar-refractivity contribution in [2.24, 2.45) is 0 Å². The Balaban J connectivity index is 0.00000128. The molecular weight excluding hydrogens is 228 g/mol. The van der Waals surface area contributed by atoms with Gasteiger partial charge in [0.25, 0.3) is 0 Å². The van der Waals surface area contributed by atoms with Gasteiger partial charge in [0.05, 0.1) is 18.1 Å². The molecule has 1 unspecified atom stereocenters. The molecule has 0 saturated heterocycles. The molecule has 84 valence electrons. The van der Waals surface area contributed by atoms with Gasteiger partial charge in [0, 0.05) is 18.2 Å². The van der Waals surface area contributed by atoms with Crippen molar-refractivity contribution in [2.45, 2.75) is 12.3 Å². The van der Waals surface area contributed by atoms with E-state index in [9.17, 15) is 4.79 Å². The Bertz CT molecular complexity index is 454. The lowest BCUT2D eigenvalue weighted by Crippen LogP contribution is -2.08. The maximum atomic E-state index is 10.6.